The fourth-order valence-corrected chi connectivity index (χ4v) is 4.50. The Labute approximate surface area is 211 Å². The van der Waals surface area contributed by atoms with Gasteiger partial charge in [0.2, 0.25) is 0 Å². The number of carbonyl (C=O) groups excluding carboxylic acids is 1. The third-order valence-electron chi connectivity index (χ3n) is 4.61. The summed E-state index contributed by atoms with van der Waals surface area (Å²) in [5.41, 5.74) is 1.39. The highest BCUT2D eigenvalue weighted by Gasteiger charge is 2.30. The molecule has 0 atom stereocenters. The lowest BCUT2D eigenvalue weighted by Gasteiger charge is -2.12. The largest absolute Gasteiger partial charge is 0.487 e. The van der Waals surface area contributed by atoms with Gasteiger partial charge in [0.15, 0.2) is 0 Å². The van der Waals surface area contributed by atoms with Crippen LogP contribution in [0, 0.1) is 18.3 Å². The molecule has 0 aliphatic heterocycles. The molecule has 3 aromatic carbocycles. The molecular formula is C25H17Br2F3N2O2. The van der Waals surface area contributed by atoms with Crippen molar-refractivity contribution < 1.29 is 22.7 Å². The number of aryl methyl sites for hydroxylation is 1. The summed E-state index contributed by atoms with van der Waals surface area (Å²) >= 11 is 6.88. The SMILES string of the molecule is Cc1cccc(COc2c(Br)cc(/C=C(/C#N)C(=O)Nc3cccc(C(F)(F)F)c3)cc2Br)c1. The van der Waals surface area contributed by atoms with Crippen LogP contribution < -0.4 is 10.1 Å². The molecule has 3 rings (SSSR count). The summed E-state index contributed by atoms with van der Waals surface area (Å²) in [6.07, 6.45) is -3.21. The van der Waals surface area contributed by atoms with Gasteiger partial charge in [-0.2, -0.15) is 18.4 Å². The Morgan fingerprint density at radius 3 is 2.38 bits per heavy atom. The minimum Gasteiger partial charge on any atom is -0.487 e. The van der Waals surface area contributed by atoms with Crippen molar-refractivity contribution in [1.82, 2.24) is 0 Å². The van der Waals surface area contributed by atoms with Crippen LogP contribution in [0.25, 0.3) is 6.08 Å². The highest BCUT2D eigenvalue weighted by atomic mass is 79.9. The Morgan fingerprint density at radius 1 is 1.09 bits per heavy atom. The number of hydrogen-bond donors (Lipinski definition) is 1. The predicted octanol–water partition coefficient (Wildman–Crippen LogP) is 7.66. The second-order valence-corrected chi connectivity index (χ2v) is 9.00. The number of alkyl halides is 3. The Hall–Kier alpha value is -3.09. The zero-order valence-electron chi connectivity index (χ0n) is 17.7. The van der Waals surface area contributed by atoms with Crippen molar-refractivity contribution >= 4 is 49.5 Å². The zero-order valence-corrected chi connectivity index (χ0v) is 20.9. The van der Waals surface area contributed by atoms with Crippen molar-refractivity contribution in [2.24, 2.45) is 0 Å². The maximum Gasteiger partial charge on any atom is 0.416 e. The number of hydrogen-bond acceptors (Lipinski definition) is 3. The second-order valence-electron chi connectivity index (χ2n) is 7.29. The van der Waals surface area contributed by atoms with Crippen molar-refractivity contribution in [3.05, 3.63) is 97.4 Å². The summed E-state index contributed by atoms with van der Waals surface area (Å²) in [5.74, 6) is -0.278. The molecule has 0 aliphatic carbocycles. The molecule has 0 aromatic heterocycles. The number of rotatable bonds is 6. The fraction of sp³-hybridized carbons (Fsp3) is 0.120. The number of carbonyl (C=O) groups is 1. The highest BCUT2D eigenvalue weighted by Crippen LogP contribution is 2.36. The third-order valence-corrected chi connectivity index (χ3v) is 5.79. The highest BCUT2D eigenvalue weighted by molar-refractivity contribution is 9.11. The van der Waals surface area contributed by atoms with Gasteiger partial charge in [0.1, 0.15) is 24.0 Å². The van der Waals surface area contributed by atoms with Crippen molar-refractivity contribution in [3.63, 3.8) is 0 Å². The summed E-state index contributed by atoms with van der Waals surface area (Å²) in [7, 11) is 0. The summed E-state index contributed by atoms with van der Waals surface area (Å²) in [6, 6.07) is 17.2. The lowest BCUT2D eigenvalue weighted by Crippen LogP contribution is -2.14. The topological polar surface area (TPSA) is 62.1 Å². The molecule has 34 heavy (non-hydrogen) atoms. The zero-order chi connectivity index (χ0) is 24.9. The van der Waals surface area contributed by atoms with Crippen LogP contribution in [0.1, 0.15) is 22.3 Å². The minimum atomic E-state index is -4.55. The first kappa shape index (κ1) is 25.5. The number of ether oxygens (including phenoxy) is 1. The van der Waals surface area contributed by atoms with Crippen LogP contribution in [0.3, 0.4) is 0 Å². The predicted molar refractivity (Wildman–Crippen MR) is 131 cm³/mol. The van der Waals surface area contributed by atoms with Gasteiger partial charge in [-0.1, -0.05) is 35.9 Å². The van der Waals surface area contributed by atoms with Crippen LogP contribution in [0.5, 0.6) is 5.75 Å². The normalized spacial score (nSPS) is 11.6. The Bertz CT molecular complexity index is 1270. The van der Waals surface area contributed by atoms with Gasteiger partial charge in [0.05, 0.1) is 14.5 Å². The number of amides is 1. The number of anilines is 1. The maximum absolute atomic E-state index is 12.9. The van der Waals surface area contributed by atoms with Crippen LogP contribution in [0.2, 0.25) is 0 Å². The molecule has 3 aromatic rings. The van der Waals surface area contributed by atoms with E-state index < -0.39 is 17.6 Å². The molecule has 174 valence electrons. The van der Waals surface area contributed by atoms with Crippen LogP contribution >= 0.6 is 31.9 Å². The van der Waals surface area contributed by atoms with Gasteiger partial charge in [0, 0.05) is 5.69 Å². The van der Waals surface area contributed by atoms with Crippen LogP contribution in [-0.2, 0) is 17.6 Å². The van der Waals surface area contributed by atoms with E-state index in [1.54, 1.807) is 18.2 Å². The molecule has 1 N–H and O–H groups in total. The van der Waals surface area contributed by atoms with E-state index >= 15 is 0 Å². The van der Waals surface area contributed by atoms with E-state index in [2.05, 4.69) is 37.2 Å². The van der Waals surface area contributed by atoms with Gasteiger partial charge in [-0.25, -0.2) is 0 Å². The first-order valence-corrected chi connectivity index (χ1v) is 11.4. The van der Waals surface area contributed by atoms with Gasteiger partial charge in [-0.05, 0) is 86.3 Å². The Morgan fingerprint density at radius 2 is 1.76 bits per heavy atom. The van der Waals surface area contributed by atoms with Crippen LogP contribution in [-0.4, -0.2) is 5.91 Å². The minimum absolute atomic E-state index is 0.0665. The molecule has 0 radical (unpaired) electrons. The average Bonchev–Trinajstić information content (AvgIpc) is 2.76. The first-order valence-electron chi connectivity index (χ1n) is 9.84. The van der Waals surface area contributed by atoms with E-state index in [4.69, 9.17) is 4.74 Å². The van der Waals surface area contributed by atoms with E-state index in [0.717, 1.165) is 23.3 Å². The molecule has 0 saturated heterocycles. The van der Waals surface area contributed by atoms with E-state index in [9.17, 15) is 23.2 Å². The lowest BCUT2D eigenvalue weighted by molar-refractivity contribution is -0.137. The maximum atomic E-state index is 12.9. The van der Waals surface area contributed by atoms with Crippen LogP contribution in [0.4, 0.5) is 18.9 Å². The number of nitrogens with one attached hydrogen (secondary N) is 1. The summed E-state index contributed by atoms with van der Waals surface area (Å²) < 4.78 is 45.8. The molecule has 0 aliphatic rings. The summed E-state index contributed by atoms with van der Waals surface area (Å²) in [5, 5.41) is 11.8. The summed E-state index contributed by atoms with van der Waals surface area (Å²) in [6.45, 7) is 2.34. The average molecular weight is 594 g/mol. The standard InChI is InChI=1S/C25H17Br2F3N2O2/c1-15-4-2-5-16(8-15)14-34-23-21(26)10-17(11-22(23)27)9-18(13-31)24(33)32-20-7-3-6-19(12-20)25(28,29)30/h2-12H,14H2,1H3,(H,32,33)/b18-9-. The van der Waals surface area contributed by atoms with Crippen molar-refractivity contribution in [3.8, 4) is 11.8 Å². The van der Waals surface area contributed by atoms with Gasteiger partial charge >= 0.3 is 6.18 Å². The van der Waals surface area contributed by atoms with Gasteiger partial charge in [-0.15, -0.1) is 0 Å². The molecule has 1 amide bonds. The monoisotopic (exact) mass is 592 g/mol. The second kappa shape index (κ2) is 10.9. The Balaban J connectivity index is 1.78. The molecular weight excluding hydrogens is 577 g/mol. The van der Waals surface area contributed by atoms with Gasteiger partial charge < -0.3 is 10.1 Å². The molecule has 4 nitrogen and oxygen atoms in total. The molecule has 0 heterocycles. The van der Waals surface area contributed by atoms with E-state index in [1.807, 2.05) is 31.2 Å². The van der Waals surface area contributed by atoms with Crippen molar-refractivity contribution in [2.75, 3.05) is 5.32 Å². The Kier molecular flexibility index (Phi) is 8.18. The number of halogens is 5. The lowest BCUT2D eigenvalue weighted by atomic mass is 10.1. The van der Waals surface area contributed by atoms with Crippen molar-refractivity contribution in [2.45, 2.75) is 19.7 Å². The first-order chi connectivity index (χ1) is 16.1. The molecule has 0 spiro atoms. The number of benzene rings is 3. The fourth-order valence-electron chi connectivity index (χ4n) is 3.05. The number of nitriles is 1. The summed E-state index contributed by atoms with van der Waals surface area (Å²) in [4.78, 5) is 12.5. The molecule has 0 fully saturated rings. The molecule has 0 bridgehead atoms. The van der Waals surface area contributed by atoms with Gasteiger partial charge in [-0.3, -0.25) is 4.79 Å². The van der Waals surface area contributed by atoms with E-state index in [0.29, 0.717) is 26.9 Å². The third kappa shape index (κ3) is 6.72. The molecule has 0 unspecified atom stereocenters. The molecule has 9 heteroatoms. The van der Waals surface area contributed by atoms with Gasteiger partial charge in [0.25, 0.3) is 5.91 Å². The van der Waals surface area contributed by atoms with Crippen molar-refractivity contribution in [1.29, 1.82) is 5.26 Å². The number of nitrogens with zero attached hydrogens (tertiary/aromatic N) is 1. The smallest absolute Gasteiger partial charge is 0.416 e. The molecule has 0 saturated carbocycles. The van der Waals surface area contributed by atoms with Crippen LogP contribution in [0.15, 0.2) is 75.2 Å². The van der Waals surface area contributed by atoms with E-state index in [-0.39, 0.29) is 11.3 Å². The quantitative estimate of drug-likeness (QED) is 0.236. The van der Waals surface area contributed by atoms with E-state index in [1.165, 1.54) is 18.2 Å².